The van der Waals surface area contributed by atoms with Crippen LogP contribution in [0, 0.1) is 5.82 Å². The molecule has 0 atom stereocenters. The third kappa shape index (κ3) is 5.50. The van der Waals surface area contributed by atoms with Crippen LogP contribution in [0.5, 0.6) is 11.5 Å². The van der Waals surface area contributed by atoms with Crippen LogP contribution in [0.1, 0.15) is 10.4 Å². The van der Waals surface area contributed by atoms with Crippen molar-refractivity contribution in [2.45, 2.75) is 0 Å². The highest BCUT2D eigenvalue weighted by Gasteiger charge is 2.24. The number of hydrogen-bond donors (Lipinski definition) is 1. The summed E-state index contributed by atoms with van der Waals surface area (Å²) in [6.07, 6.45) is 3.07. The summed E-state index contributed by atoms with van der Waals surface area (Å²) in [6.45, 7) is 0.316. The zero-order valence-corrected chi connectivity index (χ0v) is 21.6. The zero-order valence-electron chi connectivity index (χ0n) is 19.9. The predicted octanol–water partition coefficient (Wildman–Crippen LogP) is 5.52. The molecular formula is C26H25FN2O5S2. The molecule has 0 unspecified atom stereocenters. The minimum atomic E-state index is -3.50. The smallest absolute Gasteiger partial charge is 0.255 e. The summed E-state index contributed by atoms with van der Waals surface area (Å²) in [5.74, 6) is 1.32. The van der Waals surface area contributed by atoms with Crippen LogP contribution >= 0.6 is 11.8 Å². The predicted molar refractivity (Wildman–Crippen MR) is 142 cm³/mol. The standard InChI is InChI=1S/C26H25FN2O5S2/c1-28-26(30)24-22-13-8-19(29(14-15-35-2)36(3,31)32)16-23(22)34-25(24)17-4-9-20(10-5-17)33-21-11-6-18(27)7-12-21/h4-13,16H,14-15H2,1-3H3,(H,28,30). The number of carbonyl (C=O) groups is 1. The molecule has 1 amide bonds. The van der Waals surface area contributed by atoms with Crippen molar-refractivity contribution in [3.8, 4) is 22.8 Å². The fourth-order valence-electron chi connectivity index (χ4n) is 3.77. The van der Waals surface area contributed by atoms with Crippen molar-refractivity contribution in [2.24, 2.45) is 0 Å². The van der Waals surface area contributed by atoms with Gasteiger partial charge in [0.2, 0.25) is 10.0 Å². The number of benzene rings is 3. The quantitative estimate of drug-likeness (QED) is 0.308. The van der Waals surface area contributed by atoms with Crippen molar-refractivity contribution in [1.29, 1.82) is 0 Å². The topological polar surface area (TPSA) is 88.8 Å². The summed E-state index contributed by atoms with van der Waals surface area (Å²) in [4.78, 5) is 12.8. The van der Waals surface area contributed by atoms with Crippen molar-refractivity contribution in [1.82, 2.24) is 5.32 Å². The van der Waals surface area contributed by atoms with Crippen LogP contribution < -0.4 is 14.4 Å². The molecule has 7 nitrogen and oxygen atoms in total. The van der Waals surface area contributed by atoms with E-state index in [-0.39, 0.29) is 11.7 Å². The molecule has 0 fully saturated rings. The molecule has 3 aromatic carbocycles. The Kier molecular flexibility index (Phi) is 7.56. The normalized spacial score (nSPS) is 11.4. The molecule has 0 aliphatic rings. The number of ether oxygens (including phenoxy) is 1. The van der Waals surface area contributed by atoms with Crippen molar-refractivity contribution < 1.29 is 26.8 Å². The van der Waals surface area contributed by atoms with Gasteiger partial charge in [0.1, 0.15) is 28.7 Å². The Morgan fingerprint density at radius 3 is 2.28 bits per heavy atom. The second-order valence-corrected chi connectivity index (χ2v) is 10.9. The van der Waals surface area contributed by atoms with Gasteiger partial charge in [0, 0.05) is 36.4 Å². The largest absolute Gasteiger partial charge is 0.457 e. The Balaban J connectivity index is 1.73. The third-order valence-corrected chi connectivity index (χ3v) is 7.27. The number of nitrogens with zero attached hydrogens (tertiary/aromatic N) is 1. The Morgan fingerprint density at radius 2 is 1.69 bits per heavy atom. The van der Waals surface area contributed by atoms with Gasteiger partial charge in [-0.2, -0.15) is 11.8 Å². The van der Waals surface area contributed by atoms with Gasteiger partial charge >= 0.3 is 0 Å². The van der Waals surface area contributed by atoms with Crippen LogP contribution in [-0.2, 0) is 10.0 Å². The minimum Gasteiger partial charge on any atom is -0.457 e. The van der Waals surface area contributed by atoms with Gasteiger partial charge in [0.05, 0.1) is 17.5 Å². The van der Waals surface area contributed by atoms with Crippen LogP contribution in [0.4, 0.5) is 10.1 Å². The Bertz CT molecular complexity index is 1480. The first-order valence-electron chi connectivity index (χ1n) is 11.0. The lowest BCUT2D eigenvalue weighted by Crippen LogP contribution is -2.31. The maximum atomic E-state index is 13.1. The molecule has 0 saturated carbocycles. The van der Waals surface area contributed by atoms with E-state index in [9.17, 15) is 17.6 Å². The van der Waals surface area contributed by atoms with Gasteiger partial charge in [-0.1, -0.05) is 0 Å². The van der Waals surface area contributed by atoms with Gasteiger partial charge in [-0.3, -0.25) is 9.10 Å². The second-order valence-electron chi connectivity index (χ2n) is 7.97. The molecule has 0 bridgehead atoms. The molecule has 1 heterocycles. The maximum absolute atomic E-state index is 13.1. The summed E-state index contributed by atoms with van der Waals surface area (Å²) < 4.78 is 51.1. The van der Waals surface area contributed by atoms with E-state index in [1.54, 1.807) is 54.2 Å². The Labute approximate surface area is 213 Å². The molecule has 188 valence electrons. The number of carbonyl (C=O) groups excluding carboxylic acids is 1. The van der Waals surface area contributed by atoms with E-state index in [1.807, 2.05) is 6.26 Å². The number of halogens is 1. The molecule has 36 heavy (non-hydrogen) atoms. The molecular weight excluding hydrogens is 503 g/mol. The van der Waals surface area contributed by atoms with Crippen LogP contribution in [0.15, 0.2) is 71.1 Å². The minimum absolute atomic E-state index is 0.316. The van der Waals surface area contributed by atoms with E-state index in [0.717, 1.165) is 6.26 Å². The molecule has 0 spiro atoms. The van der Waals surface area contributed by atoms with Crippen LogP contribution in [0.25, 0.3) is 22.3 Å². The summed E-state index contributed by atoms with van der Waals surface area (Å²) in [7, 11) is -1.97. The fourth-order valence-corrected chi connectivity index (χ4v) is 5.17. The molecule has 1 N–H and O–H groups in total. The molecule has 1 aromatic heterocycles. The average molecular weight is 529 g/mol. The number of amides is 1. The lowest BCUT2D eigenvalue weighted by atomic mass is 10.0. The molecule has 0 saturated heterocycles. The molecule has 4 aromatic rings. The number of sulfonamides is 1. The first-order valence-corrected chi connectivity index (χ1v) is 14.2. The third-order valence-electron chi connectivity index (χ3n) is 5.48. The number of thioether (sulfide) groups is 1. The van der Waals surface area contributed by atoms with Crippen molar-refractivity contribution in [3.63, 3.8) is 0 Å². The zero-order chi connectivity index (χ0) is 25.9. The van der Waals surface area contributed by atoms with Gasteiger partial charge in [-0.25, -0.2) is 12.8 Å². The van der Waals surface area contributed by atoms with E-state index in [0.29, 0.717) is 57.3 Å². The van der Waals surface area contributed by atoms with Crippen LogP contribution in [-0.4, -0.2) is 46.2 Å². The molecule has 4 rings (SSSR count). The molecule has 0 radical (unpaired) electrons. The summed E-state index contributed by atoms with van der Waals surface area (Å²) >= 11 is 1.55. The number of furan rings is 1. The van der Waals surface area contributed by atoms with Gasteiger partial charge < -0.3 is 14.5 Å². The van der Waals surface area contributed by atoms with Gasteiger partial charge in [0.25, 0.3) is 5.91 Å². The van der Waals surface area contributed by atoms with Crippen molar-refractivity contribution in [2.75, 3.05) is 36.2 Å². The van der Waals surface area contributed by atoms with E-state index < -0.39 is 10.0 Å². The summed E-state index contributed by atoms with van der Waals surface area (Å²) in [5, 5.41) is 3.21. The van der Waals surface area contributed by atoms with Gasteiger partial charge in [-0.05, 0) is 66.9 Å². The first kappa shape index (κ1) is 25.6. The van der Waals surface area contributed by atoms with E-state index in [2.05, 4.69) is 5.32 Å². The molecule has 10 heteroatoms. The molecule has 0 aliphatic heterocycles. The fraction of sp³-hybridized carbons (Fsp3) is 0.192. The van der Waals surface area contributed by atoms with E-state index >= 15 is 0 Å². The monoisotopic (exact) mass is 528 g/mol. The average Bonchev–Trinajstić information content (AvgIpc) is 3.24. The molecule has 0 aliphatic carbocycles. The Morgan fingerprint density at radius 1 is 1.06 bits per heavy atom. The van der Waals surface area contributed by atoms with E-state index in [4.69, 9.17) is 9.15 Å². The SMILES string of the molecule is CNC(=O)c1c(-c2ccc(Oc3ccc(F)cc3)cc2)oc2cc(N(CCSC)S(C)(=O)=O)ccc12. The number of hydrogen-bond acceptors (Lipinski definition) is 6. The van der Waals surface area contributed by atoms with Crippen molar-refractivity contribution >= 4 is 44.3 Å². The number of nitrogens with one attached hydrogen (secondary N) is 1. The van der Waals surface area contributed by atoms with Crippen LogP contribution in [0.3, 0.4) is 0 Å². The first-order chi connectivity index (χ1) is 17.2. The van der Waals surface area contributed by atoms with E-state index in [1.165, 1.54) is 35.6 Å². The highest BCUT2D eigenvalue weighted by molar-refractivity contribution is 7.98. The Hall–Kier alpha value is -3.50. The highest BCUT2D eigenvalue weighted by Crippen LogP contribution is 2.37. The van der Waals surface area contributed by atoms with Crippen molar-refractivity contribution in [3.05, 3.63) is 78.1 Å². The summed E-state index contributed by atoms with van der Waals surface area (Å²) in [6, 6.07) is 17.7. The van der Waals surface area contributed by atoms with Gasteiger partial charge in [0.15, 0.2) is 0 Å². The number of anilines is 1. The van der Waals surface area contributed by atoms with Crippen LogP contribution in [0.2, 0.25) is 0 Å². The lowest BCUT2D eigenvalue weighted by Gasteiger charge is -2.21. The maximum Gasteiger partial charge on any atom is 0.255 e. The lowest BCUT2D eigenvalue weighted by molar-refractivity contribution is 0.0964. The number of fused-ring (bicyclic) bond motifs is 1. The van der Waals surface area contributed by atoms with Gasteiger partial charge in [-0.15, -0.1) is 0 Å². The summed E-state index contributed by atoms with van der Waals surface area (Å²) in [5.41, 5.74) is 1.85. The second kappa shape index (κ2) is 10.6. The number of rotatable bonds is 9. The highest BCUT2D eigenvalue weighted by atomic mass is 32.2.